The van der Waals surface area contributed by atoms with E-state index in [2.05, 4.69) is 34.0 Å². The normalized spacial score (nSPS) is 24.1. The number of anilines is 2. The molecule has 0 amide bonds. The monoisotopic (exact) mass is 268 g/mol. The van der Waals surface area contributed by atoms with E-state index in [1.54, 1.807) is 6.20 Å². The summed E-state index contributed by atoms with van der Waals surface area (Å²) in [6.07, 6.45) is 2.96. The zero-order chi connectivity index (χ0) is 13.1. The molecule has 1 N–H and O–H groups in total. The van der Waals surface area contributed by atoms with Crippen molar-refractivity contribution in [3.8, 4) is 0 Å². The molecule has 1 fully saturated rings. The van der Waals surface area contributed by atoms with Crippen LogP contribution in [-0.2, 0) is 0 Å². The molecule has 18 heavy (non-hydrogen) atoms. The fourth-order valence-electron chi connectivity index (χ4n) is 2.66. The molecule has 2 unspecified atom stereocenters. The summed E-state index contributed by atoms with van der Waals surface area (Å²) >= 11 is 6.23. The molecule has 1 aliphatic heterocycles. The minimum Gasteiger partial charge on any atom is -0.355 e. The van der Waals surface area contributed by atoms with Gasteiger partial charge in [0.1, 0.15) is 5.02 Å². The van der Waals surface area contributed by atoms with Crippen LogP contribution in [0.5, 0.6) is 0 Å². The number of nitrogens with zero attached hydrogens (tertiary/aromatic N) is 3. The summed E-state index contributed by atoms with van der Waals surface area (Å²) in [5.41, 5.74) is 0. The van der Waals surface area contributed by atoms with Crippen LogP contribution in [0.25, 0.3) is 0 Å². The predicted molar refractivity (Wildman–Crippen MR) is 76.4 cm³/mol. The molecule has 1 saturated heterocycles. The average molecular weight is 269 g/mol. The molecule has 4 nitrogen and oxygen atoms in total. The van der Waals surface area contributed by atoms with Crippen LogP contribution in [-0.4, -0.2) is 29.6 Å². The third-order valence-corrected chi connectivity index (χ3v) is 3.50. The Bertz CT molecular complexity index is 400. The second-order valence-corrected chi connectivity index (χ2v) is 5.65. The molecule has 2 rings (SSSR count). The van der Waals surface area contributed by atoms with Crippen LogP contribution < -0.4 is 10.2 Å². The van der Waals surface area contributed by atoms with Crippen molar-refractivity contribution in [2.45, 2.75) is 27.2 Å². The summed E-state index contributed by atoms with van der Waals surface area (Å²) in [6, 6.07) is 0. The lowest BCUT2D eigenvalue weighted by molar-refractivity contribution is 0.355. The van der Waals surface area contributed by atoms with Crippen molar-refractivity contribution in [2.75, 3.05) is 29.9 Å². The smallest absolute Gasteiger partial charge is 0.224 e. The third-order valence-electron chi connectivity index (χ3n) is 3.23. The van der Waals surface area contributed by atoms with Gasteiger partial charge in [-0.3, -0.25) is 0 Å². The minimum absolute atomic E-state index is 0.637. The van der Waals surface area contributed by atoms with Crippen LogP contribution in [0, 0.1) is 11.8 Å². The van der Waals surface area contributed by atoms with Crippen LogP contribution in [0.1, 0.15) is 27.2 Å². The number of hydrogen-bond donors (Lipinski definition) is 1. The van der Waals surface area contributed by atoms with Gasteiger partial charge in [0.25, 0.3) is 0 Å². The van der Waals surface area contributed by atoms with Gasteiger partial charge in [-0.1, -0.05) is 25.4 Å². The molecule has 0 spiro atoms. The Hall–Kier alpha value is -1.03. The van der Waals surface area contributed by atoms with Crippen molar-refractivity contribution < 1.29 is 0 Å². The molecule has 1 aromatic heterocycles. The standard InChI is InChI=1S/C13H21ClN4/c1-4-15-13-16-6-11(14)12(17-13)18-7-9(2)5-10(3)8-18/h6,9-10H,4-5,7-8H2,1-3H3,(H,15,16,17). The van der Waals surface area contributed by atoms with Gasteiger partial charge in [-0.15, -0.1) is 0 Å². The van der Waals surface area contributed by atoms with Crippen molar-refractivity contribution in [3.05, 3.63) is 11.2 Å². The first-order valence-corrected chi connectivity index (χ1v) is 6.99. The number of rotatable bonds is 3. The molecule has 0 bridgehead atoms. The Morgan fingerprint density at radius 3 is 2.67 bits per heavy atom. The molecular weight excluding hydrogens is 248 g/mol. The van der Waals surface area contributed by atoms with Crippen molar-refractivity contribution >= 4 is 23.4 Å². The average Bonchev–Trinajstić information content (AvgIpc) is 2.30. The lowest BCUT2D eigenvalue weighted by Gasteiger charge is -2.36. The number of hydrogen-bond acceptors (Lipinski definition) is 4. The predicted octanol–water partition coefficient (Wildman–Crippen LogP) is 3.04. The van der Waals surface area contributed by atoms with E-state index in [0.717, 1.165) is 25.5 Å². The summed E-state index contributed by atoms with van der Waals surface area (Å²) < 4.78 is 0. The molecule has 5 heteroatoms. The molecule has 0 radical (unpaired) electrons. The highest BCUT2D eigenvalue weighted by Crippen LogP contribution is 2.30. The molecule has 2 atom stereocenters. The minimum atomic E-state index is 0.637. The molecule has 1 aliphatic rings. The maximum Gasteiger partial charge on any atom is 0.224 e. The quantitative estimate of drug-likeness (QED) is 0.915. The van der Waals surface area contributed by atoms with Gasteiger partial charge in [0.05, 0.1) is 6.20 Å². The molecule has 2 heterocycles. The van der Waals surface area contributed by atoms with Crippen molar-refractivity contribution in [3.63, 3.8) is 0 Å². The Balaban J connectivity index is 2.22. The molecular formula is C13H21ClN4. The second-order valence-electron chi connectivity index (χ2n) is 5.25. The van der Waals surface area contributed by atoms with Gasteiger partial charge in [-0.05, 0) is 25.2 Å². The fourth-order valence-corrected chi connectivity index (χ4v) is 2.87. The first-order valence-electron chi connectivity index (χ1n) is 6.61. The van der Waals surface area contributed by atoms with Crippen molar-refractivity contribution in [1.82, 2.24) is 9.97 Å². The van der Waals surface area contributed by atoms with E-state index in [0.29, 0.717) is 22.8 Å². The number of nitrogens with one attached hydrogen (secondary N) is 1. The zero-order valence-corrected chi connectivity index (χ0v) is 12.0. The fraction of sp³-hybridized carbons (Fsp3) is 0.692. The summed E-state index contributed by atoms with van der Waals surface area (Å²) in [6.45, 7) is 9.45. The number of halogens is 1. The van der Waals surface area contributed by atoms with Crippen molar-refractivity contribution in [1.29, 1.82) is 0 Å². The van der Waals surface area contributed by atoms with Gasteiger partial charge >= 0.3 is 0 Å². The Labute approximate surface area is 114 Å². The molecule has 0 aromatic carbocycles. The molecule has 0 saturated carbocycles. The van der Waals surface area contributed by atoms with Gasteiger partial charge in [-0.25, -0.2) is 4.98 Å². The SMILES string of the molecule is CCNc1ncc(Cl)c(N2CC(C)CC(C)C2)n1. The van der Waals surface area contributed by atoms with Crippen LogP contribution in [0.15, 0.2) is 6.20 Å². The van der Waals surface area contributed by atoms with E-state index in [1.807, 2.05) is 6.92 Å². The lowest BCUT2D eigenvalue weighted by atomic mass is 9.92. The summed E-state index contributed by atoms with van der Waals surface area (Å²) in [7, 11) is 0. The molecule has 100 valence electrons. The van der Waals surface area contributed by atoms with Gasteiger partial charge in [0, 0.05) is 19.6 Å². The summed E-state index contributed by atoms with van der Waals surface area (Å²) in [5.74, 6) is 2.88. The maximum atomic E-state index is 6.23. The number of aromatic nitrogens is 2. The van der Waals surface area contributed by atoms with Crippen LogP contribution in [0.3, 0.4) is 0 Å². The van der Waals surface area contributed by atoms with Gasteiger partial charge < -0.3 is 10.2 Å². The van der Waals surface area contributed by atoms with E-state index >= 15 is 0 Å². The maximum absolute atomic E-state index is 6.23. The van der Waals surface area contributed by atoms with Gasteiger partial charge in [0.2, 0.25) is 5.95 Å². The van der Waals surface area contributed by atoms with E-state index in [-0.39, 0.29) is 0 Å². The highest BCUT2D eigenvalue weighted by molar-refractivity contribution is 6.32. The van der Waals surface area contributed by atoms with Crippen LogP contribution >= 0.6 is 11.6 Å². The largest absolute Gasteiger partial charge is 0.355 e. The first-order chi connectivity index (χ1) is 8.60. The van der Waals surface area contributed by atoms with E-state index < -0.39 is 0 Å². The van der Waals surface area contributed by atoms with Crippen LogP contribution in [0.2, 0.25) is 5.02 Å². The topological polar surface area (TPSA) is 41.1 Å². The Kier molecular flexibility index (Phi) is 4.27. The van der Waals surface area contributed by atoms with E-state index in [4.69, 9.17) is 11.6 Å². The van der Waals surface area contributed by atoms with E-state index in [9.17, 15) is 0 Å². The first kappa shape index (κ1) is 13.4. The third kappa shape index (κ3) is 3.05. The van der Waals surface area contributed by atoms with E-state index in [1.165, 1.54) is 6.42 Å². The lowest BCUT2D eigenvalue weighted by Crippen LogP contribution is -2.39. The highest BCUT2D eigenvalue weighted by Gasteiger charge is 2.24. The summed E-state index contributed by atoms with van der Waals surface area (Å²) in [4.78, 5) is 11.0. The van der Waals surface area contributed by atoms with Crippen LogP contribution in [0.4, 0.5) is 11.8 Å². The second kappa shape index (κ2) is 5.74. The molecule has 1 aromatic rings. The summed E-state index contributed by atoms with van der Waals surface area (Å²) in [5, 5.41) is 3.77. The highest BCUT2D eigenvalue weighted by atomic mass is 35.5. The van der Waals surface area contributed by atoms with Crippen molar-refractivity contribution in [2.24, 2.45) is 11.8 Å². The van der Waals surface area contributed by atoms with Gasteiger partial charge in [-0.2, -0.15) is 4.98 Å². The van der Waals surface area contributed by atoms with Gasteiger partial charge in [0.15, 0.2) is 5.82 Å². The molecule has 0 aliphatic carbocycles. The zero-order valence-electron chi connectivity index (χ0n) is 11.3. The Morgan fingerprint density at radius 2 is 2.06 bits per heavy atom. The number of piperidine rings is 1. The Morgan fingerprint density at radius 1 is 1.39 bits per heavy atom.